The van der Waals surface area contributed by atoms with Crippen molar-refractivity contribution >= 4 is 11.6 Å². The van der Waals surface area contributed by atoms with Gasteiger partial charge in [-0.15, -0.1) is 11.6 Å². The Morgan fingerprint density at radius 1 is 1.27 bits per heavy atom. The molecule has 1 aliphatic carbocycles. The number of hydrogen-bond acceptors (Lipinski definition) is 1. The highest BCUT2D eigenvalue weighted by Gasteiger charge is 2.28. The number of rotatable bonds is 6. The third kappa shape index (κ3) is 3.75. The summed E-state index contributed by atoms with van der Waals surface area (Å²) in [6.45, 7) is 0.778. The third-order valence-corrected chi connectivity index (χ3v) is 3.34. The second kappa shape index (κ2) is 5.41. The summed E-state index contributed by atoms with van der Waals surface area (Å²) in [4.78, 5) is 0. The van der Waals surface area contributed by atoms with Crippen molar-refractivity contribution in [1.29, 1.82) is 0 Å². The van der Waals surface area contributed by atoms with E-state index in [0.717, 1.165) is 31.1 Å². The number of alkyl halides is 1. The summed E-state index contributed by atoms with van der Waals surface area (Å²) in [7, 11) is 0. The summed E-state index contributed by atoms with van der Waals surface area (Å²) >= 11 is 6.20. The SMILES string of the molecule is ClC(CCCOc1ccccc1)C1CC1. The first-order valence-corrected chi connectivity index (χ1v) is 6.12. The molecule has 1 fully saturated rings. The van der Waals surface area contributed by atoms with E-state index >= 15 is 0 Å². The van der Waals surface area contributed by atoms with Crippen molar-refractivity contribution in [1.82, 2.24) is 0 Å². The Morgan fingerprint density at radius 3 is 2.67 bits per heavy atom. The zero-order valence-corrected chi connectivity index (χ0v) is 9.62. The summed E-state index contributed by atoms with van der Waals surface area (Å²) in [5, 5.41) is 0.379. The van der Waals surface area contributed by atoms with E-state index in [1.165, 1.54) is 12.8 Å². The molecular formula is C13H17ClO. The summed E-state index contributed by atoms with van der Waals surface area (Å²) in [6.07, 6.45) is 4.79. The third-order valence-electron chi connectivity index (χ3n) is 2.77. The minimum absolute atomic E-state index is 0.379. The lowest BCUT2D eigenvalue weighted by atomic mass is 10.2. The molecule has 1 aliphatic rings. The van der Waals surface area contributed by atoms with E-state index in [9.17, 15) is 0 Å². The average Bonchev–Trinajstić information content (AvgIpc) is 3.09. The van der Waals surface area contributed by atoms with Gasteiger partial charge in [-0.3, -0.25) is 0 Å². The van der Waals surface area contributed by atoms with Crippen LogP contribution in [0.5, 0.6) is 5.75 Å². The normalized spacial score (nSPS) is 17.4. The number of hydrogen-bond donors (Lipinski definition) is 0. The number of para-hydroxylation sites is 1. The van der Waals surface area contributed by atoms with Crippen LogP contribution in [0.3, 0.4) is 0 Å². The lowest BCUT2D eigenvalue weighted by molar-refractivity contribution is 0.304. The molecule has 0 spiro atoms. The van der Waals surface area contributed by atoms with Crippen molar-refractivity contribution in [3.8, 4) is 5.75 Å². The minimum Gasteiger partial charge on any atom is -0.494 e. The van der Waals surface area contributed by atoms with Gasteiger partial charge in [0.2, 0.25) is 0 Å². The zero-order valence-electron chi connectivity index (χ0n) is 8.86. The highest BCUT2D eigenvalue weighted by molar-refractivity contribution is 6.20. The fourth-order valence-electron chi connectivity index (χ4n) is 1.68. The van der Waals surface area contributed by atoms with Crippen LogP contribution in [0.4, 0.5) is 0 Å². The lowest BCUT2D eigenvalue weighted by Crippen LogP contribution is -2.05. The standard InChI is InChI=1S/C13H17ClO/c14-13(11-8-9-11)7-4-10-15-12-5-2-1-3-6-12/h1-3,5-6,11,13H,4,7-10H2. The van der Waals surface area contributed by atoms with E-state index in [4.69, 9.17) is 16.3 Å². The molecule has 1 aromatic carbocycles. The topological polar surface area (TPSA) is 9.23 Å². The highest BCUT2D eigenvalue weighted by atomic mass is 35.5. The van der Waals surface area contributed by atoms with Crippen LogP contribution in [-0.4, -0.2) is 12.0 Å². The molecule has 1 unspecified atom stereocenters. The zero-order chi connectivity index (χ0) is 10.5. The van der Waals surface area contributed by atoms with Crippen LogP contribution in [-0.2, 0) is 0 Å². The minimum atomic E-state index is 0.379. The van der Waals surface area contributed by atoms with Gasteiger partial charge in [0, 0.05) is 5.38 Å². The fourth-order valence-corrected chi connectivity index (χ4v) is 2.08. The summed E-state index contributed by atoms with van der Waals surface area (Å²) in [5.41, 5.74) is 0. The number of halogens is 1. The van der Waals surface area contributed by atoms with Gasteiger partial charge in [-0.05, 0) is 43.7 Å². The van der Waals surface area contributed by atoms with Gasteiger partial charge in [-0.2, -0.15) is 0 Å². The fraction of sp³-hybridized carbons (Fsp3) is 0.538. The van der Waals surface area contributed by atoms with Crippen molar-refractivity contribution in [2.24, 2.45) is 5.92 Å². The maximum absolute atomic E-state index is 6.20. The lowest BCUT2D eigenvalue weighted by Gasteiger charge is -2.08. The largest absolute Gasteiger partial charge is 0.494 e. The second-order valence-electron chi connectivity index (χ2n) is 4.16. The van der Waals surface area contributed by atoms with Crippen molar-refractivity contribution in [2.45, 2.75) is 31.1 Å². The van der Waals surface area contributed by atoms with E-state index < -0.39 is 0 Å². The first kappa shape index (κ1) is 10.8. The predicted molar refractivity (Wildman–Crippen MR) is 63.5 cm³/mol. The number of ether oxygens (including phenoxy) is 1. The maximum atomic E-state index is 6.20. The quantitative estimate of drug-likeness (QED) is 0.527. The van der Waals surface area contributed by atoms with Crippen LogP contribution < -0.4 is 4.74 Å². The molecule has 0 bridgehead atoms. The van der Waals surface area contributed by atoms with Crippen LogP contribution in [0.1, 0.15) is 25.7 Å². The Bertz CT molecular complexity index is 282. The van der Waals surface area contributed by atoms with Gasteiger partial charge in [0.15, 0.2) is 0 Å². The van der Waals surface area contributed by atoms with Crippen LogP contribution in [0, 0.1) is 5.92 Å². The first-order chi connectivity index (χ1) is 7.36. The Hall–Kier alpha value is -0.690. The van der Waals surface area contributed by atoms with Crippen LogP contribution in [0.25, 0.3) is 0 Å². The molecule has 1 nitrogen and oxygen atoms in total. The van der Waals surface area contributed by atoms with Crippen LogP contribution in [0.2, 0.25) is 0 Å². The molecule has 0 saturated heterocycles. The second-order valence-corrected chi connectivity index (χ2v) is 4.72. The Morgan fingerprint density at radius 2 is 2.00 bits per heavy atom. The van der Waals surface area contributed by atoms with Gasteiger partial charge in [-0.25, -0.2) is 0 Å². The van der Waals surface area contributed by atoms with E-state index in [1.807, 2.05) is 30.3 Å². The first-order valence-electron chi connectivity index (χ1n) is 5.68. The molecule has 0 heterocycles. The molecule has 1 saturated carbocycles. The summed E-state index contributed by atoms with van der Waals surface area (Å²) in [6, 6.07) is 9.95. The molecule has 82 valence electrons. The Labute approximate surface area is 96.4 Å². The predicted octanol–water partition coefficient (Wildman–Crippen LogP) is 3.86. The van der Waals surface area contributed by atoms with Gasteiger partial charge in [0.25, 0.3) is 0 Å². The molecule has 1 atom stereocenters. The van der Waals surface area contributed by atoms with Gasteiger partial charge in [0.1, 0.15) is 5.75 Å². The number of benzene rings is 1. The Kier molecular flexibility index (Phi) is 3.90. The maximum Gasteiger partial charge on any atom is 0.119 e. The molecule has 0 N–H and O–H groups in total. The molecule has 15 heavy (non-hydrogen) atoms. The monoisotopic (exact) mass is 224 g/mol. The van der Waals surface area contributed by atoms with Crippen LogP contribution in [0.15, 0.2) is 30.3 Å². The van der Waals surface area contributed by atoms with Gasteiger partial charge in [0.05, 0.1) is 6.61 Å². The molecule has 0 aliphatic heterocycles. The summed E-state index contributed by atoms with van der Waals surface area (Å²) in [5.74, 6) is 1.75. The summed E-state index contributed by atoms with van der Waals surface area (Å²) < 4.78 is 5.60. The molecular weight excluding hydrogens is 208 g/mol. The van der Waals surface area contributed by atoms with Crippen molar-refractivity contribution in [2.75, 3.05) is 6.61 Å². The molecule has 0 aromatic heterocycles. The van der Waals surface area contributed by atoms with Crippen molar-refractivity contribution < 1.29 is 4.74 Å². The average molecular weight is 225 g/mol. The molecule has 2 heteroatoms. The van der Waals surface area contributed by atoms with Crippen molar-refractivity contribution in [3.05, 3.63) is 30.3 Å². The van der Waals surface area contributed by atoms with Crippen LogP contribution >= 0.6 is 11.6 Å². The smallest absolute Gasteiger partial charge is 0.119 e. The van der Waals surface area contributed by atoms with E-state index in [-0.39, 0.29) is 0 Å². The highest BCUT2D eigenvalue weighted by Crippen LogP contribution is 2.37. The van der Waals surface area contributed by atoms with Crippen molar-refractivity contribution in [3.63, 3.8) is 0 Å². The van der Waals surface area contributed by atoms with E-state index in [2.05, 4.69) is 0 Å². The van der Waals surface area contributed by atoms with E-state index in [1.54, 1.807) is 0 Å². The van der Waals surface area contributed by atoms with Gasteiger partial charge in [-0.1, -0.05) is 18.2 Å². The molecule has 1 aromatic rings. The molecule has 2 rings (SSSR count). The van der Waals surface area contributed by atoms with Gasteiger partial charge < -0.3 is 4.74 Å². The molecule has 0 radical (unpaired) electrons. The Balaban J connectivity index is 1.58. The van der Waals surface area contributed by atoms with Gasteiger partial charge >= 0.3 is 0 Å². The van der Waals surface area contributed by atoms with E-state index in [0.29, 0.717) is 5.38 Å². The molecule has 0 amide bonds.